The lowest BCUT2D eigenvalue weighted by molar-refractivity contribution is -0.154. The summed E-state index contributed by atoms with van der Waals surface area (Å²) in [6, 6.07) is 0. The topological polar surface area (TPSA) is 132 Å². The van der Waals surface area contributed by atoms with E-state index in [1.54, 1.807) is 0 Å². The first-order valence-electron chi connectivity index (χ1n) is 21.8. The van der Waals surface area contributed by atoms with Crippen LogP contribution in [0.1, 0.15) is 174 Å². The largest absolute Gasteiger partial charge is 0.472 e. The first-order valence-corrected chi connectivity index (χ1v) is 23.3. The van der Waals surface area contributed by atoms with Crippen LogP contribution >= 0.6 is 7.82 Å². The highest BCUT2D eigenvalue weighted by Crippen LogP contribution is 2.43. The second-order valence-electron chi connectivity index (χ2n) is 14.3. The van der Waals surface area contributed by atoms with Gasteiger partial charge in [0.1, 0.15) is 12.2 Å². The second kappa shape index (κ2) is 41.8. The van der Waals surface area contributed by atoms with Crippen LogP contribution in [-0.4, -0.2) is 66.3 Å². The molecule has 9 nitrogen and oxygen atoms in total. The molecule has 0 saturated carbocycles. The van der Waals surface area contributed by atoms with Gasteiger partial charge in [0.05, 0.1) is 26.4 Å². The third-order valence-electron chi connectivity index (χ3n) is 8.97. The van der Waals surface area contributed by atoms with E-state index in [-0.39, 0.29) is 13.0 Å². The van der Waals surface area contributed by atoms with Crippen LogP contribution < -0.4 is 0 Å². The van der Waals surface area contributed by atoms with Crippen molar-refractivity contribution in [2.75, 3.05) is 33.0 Å². The number of ether oxygens (including phenoxy) is 2. The maximum atomic E-state index is 12.6. The van der Waals surface area contributed by atoms with E-state index in [1.807, 2.05) is 6.08 Å². The summed E-state index contributed by atoms with van der Waals surface area (Å²) >= 11 is 0. The zero-order valence-electron chi connectivity index (χ0n) is 34.9. The van der Waals surface area contributed by atoms with E-state index in [2.05, 4.69) is 68.5 Å². The molecule has 0 aromatic rings. The number of hydrogen-bond donors (Lipinski definition) is 3. The SMILES string of the molecule is CC/C=C\C/C=C\C/C=C\C/C=C\C/C=C\CCCC(=O)OC(COCCCCCCCCCCCCCCCCCCC)COP(=O)(O)OCC(O)CO. The molecule has 320 valence electrons. The zero-order valence-corrected chi connectivity index (χ0v) is 35.8. The first-order chi connectivity index (χ1) is 26.8. The summed E-state index contributed by atoms with van der Waals surface area (Å²) in [5, 5.41) is 18.3. The van der Waals surface area contributed by atoms with Gasteiger partial charge in [-0.2, -0.15) is 0 Å². The Morgan fingerprint density at radius 3 is 1.49 bits per heavy atom. The Balaban J connectivity index is 4.26. The Kier molecular flexibility index (Phi) is 40.4. The first kappa shape index (κ1) is 53.2. The number of rotatable bonds is 41. The fourth-order valence-corrected chi connectivity index (χ4v) is 6.47. The Morgan fingerprint density at radius 1 is 0.582 bits per heavy atom. The minimum absolute atomic E-state index is 0.0264. The summed E-state index contributed by atoms with van der Waals surface area (Å²) < 4.78 is 33.3. The summed E-state index contributed by atoms with van der Waals surface area (Å²) in [7, 11) is -4.53. The van der Waals surface area contributed by atoms with Crippen molar-refractivity contribution in [2.24, 2.45) is 0 Å². The molecule has 0 aromatic carbocycles. The lowest BCUT2D eigenvalue weighted by Crippen LogP contribution is -2.29. The van der Waals surface area contributed by atoms with Crippen molar-refractivity contribution < 1.29 is 43.0 Å². The Labute approximate surface area is 336 Å². The lowest BCUT2D eigenvalue weighted by Gasteiger charge is -2.20. The summed E-state index contributed by atoms with van der Waals surface area (Å²) in [4.78, 5) is 22.5. The molecular weight excluding hydrogens is 715 g/mol. The summed E-state index contributed by atoms with van der Waals surface area (Å²) in [5.74, 6) is -0.438. The van der Waals surface area contributed by atoms with Crippen molar-refractivity contribution in [3.05, 3.63) is 60.8 Å². The van der Waals surface area contributed by atoms with Gasteiger partial charge in [0.15, 0.2) is 0 Å². The molecule has 10 heteroatoms. The number of unbranched alkanes of at least 4 members (excludes halogenated alkanes) is 17. The van der Waals surface area contributed by atoms with Crippen LogP contribution in [0.4, 0.5) is 0 Å². The molecule has 0 saturated heterocycles. The zero-order chi connectivity index (χ0) is 40.3. The summed E-state index contributed by atoms with van der Waals surface area (Å²) in [6.45, 7) is 3.34. The molecule has 0 aliphatic carbocycles. The Hall–Kier alpha value is -1.84. The van der Waals surface area contributed by atoms with Crippen molar-refractivity contribution in [3.63, 3.8) is 0 Å². The van der Waals surface area contributed by atoms with Crippen molar-refractivity contribution in [2.45, 2.75) is 187 Å². The number of phosphoric acid groups is 1. The van der Waals surface area contributed by atoms with E-state index < -0.39 is 45.8 Å². The molecule has 3 unspecified atom stereocenters. The van der Waals surface area contributed by atoms with E-state index in [0.717, 1.165) is 57.8 Å². The molecule has 0 aliphatic rings. The number of phosphoric ester groups is 1. The van der Waals surface area contributed by atoms with Crippen LogP contribution in [0.15, 0.2) is 60.8 Å². The van der Waals surface area contributed by atoms with Crippen molar-refractivity contribution >= 4 is 13.8 Å². The van der Waals surface area contributed by atoms with Gasteiger partial charge in [-0.1, -0.05) is 177 Å². The number of carbonyl (C=O) groups is 1. The number of aliphatic hydroxyl groups is 2. The average Bonchev–Trinajstić information content (AvgIpc) is 3.18. The van der Waals surface area contributed by atoms with Gasteiger partial charge in [-0.15, -0.1) is 0 Å². The van der Waals surface area contributed by atoms with Gasteiger partial charge in [-0.25, -0.2) is 4.57 Å². The van der Waals surface area contributed by atoms with Crippen LogP contribution in [0, 0.1) is 0 Å². The van der Waals surface area contributed by atoms with Crippen LogP contribution in [0.2, 0.25) is 0 Å². The van der Waals surface area contributed by atoms with Crippen molar-refractivity contribution in [1.82, 2.24) is 0 Å². The maximum Gasteiger partial charge on any atom is 0.472 e. The van der Waals surface area contributed by atoms with Gasteiger partial charge in [0, 0.05) is 13.0 Å². The molecule has 0 radical (unpaired) electrons. The van der Waals surface area contributed by atoms with E-state index >= 15 is 0 Å². The molecule has 55 heavy (non-hydrogen) atoms. The number of esters is 1. The van der Waals surface area contributed by atoms with E-state index in [4.69, 9.17) is 23.6 Å². The van der Waals surface area contributed by atoms with E-state index in [0.29, 0.717) is 13.0 Å². The molecule has 0 bridgehead atoms. The third-order valence-corrected chi connectivity index (χ3v) is 9.92. The number of carbonyl (C=O) groups excluding carboxylic acids is 1. The van der Waals surface area contributed by atoms with Crippen LogP contribution in [0.3, 0.4) is 0 Å². The minimum Gasteiger partial charge on any atom is -0.457 e. The molecule has 0 aliphatic heterocycles. The number of hydrogen-bond acceptors (Lipinski definition) is 8. The highest BCUT2D eigenvalue weighted by atomic mass is 31.2. The van der Waals surface area contributed by atoms with E-state index in [9.17, 15) is 19.4 Å². The van der Waals surface area contributed by atoms with Gasteiger partial charge < -0.3 is 24.6 Å². The molecular formula is C45H81O9P. The van der Waals surface area contributed by atoms with Crippen molar-refractivity contribution in [3.8, 4) is 0 Å². The number of aliphatic hydroxyl groups excluding tert-OH is 2. The number of allylic oxidation sites excluding steroid dienone is 10. The van der Waals surface area contributed by atoms with Gasteiger partial charge in [0.2, 0.25) is 0 Å². The quantitative estimate of drug-likeness (QED) is 0.0239. The smallest absolute Gasteiger partial charge is 0.457 e. The highest BCUT2D eigenvalue weighted by molar-refractivity contribution is 7.47. The van der Waals surface area contributed by atoms with Crippen LogP contribution in [0.5, 0.6) is 0 Å². The third kappa shape index (κ3) is 41.6. The van der Waals surface area contributed by atoms with Crippen molar-refractivity contribution in [1.29, 1.82) is 0 Å². The summed E-state index contributed by atoms with van der Waals surface area (Å²) in [5.41, 5.74) is 0. The van der Waals surface area contributed by atoms with Gasteiger partial charge >= 0.3 is 13.8 Å². The molecule has 0 amide bonds. The molecule has 0 heterocycles. The van der Waals surface area contributed by atoms with Gasteiger partial charge in [0.25, 0.3) is 0 Å². The Morgan fingerprint density at radius 2 is 1.02 bits per heavy atom. The minimum atomic E-state index is -4.53. The lowest BCUT2D eigenvalue weighted by atomic mass is 10.0. The molecule has 3 N–H and O–H groups in total. The average molecular weight is 797 g/mol. The van der Waals surface area contributed by atoms with Gasteiger partial charge in [-0.05, 0) is 51.4 Å². The van der Waals surface area contributed by atoms with Gasteiger partial charge in [-0.3, -0.25) is 13.8 Å². The van der Waals surface area contributed by atoms with Crippen LogP contribution in [-0.2, 0) is 27.9 Å². The molecule has 0 fully saturated rings. The second-order valence-corrected chi connectivity index (χ2v) is 15.8. The maximum absolute atomic E-state index is 12.6. The highest BCUT2D eigenvalue weighted by Gasteiger charge is 2.26. The molecule has 0 aromatic heterocycles. The predicted molar refractivity (Wildman–Crippen MR) is 228 cm³/mol. The fraction of sp³-hybridized carbons (Fsp3) is 0.756. The molecule has 0 spiro atoms. The normalized spacial score (nSPS) is 14.6. The monoisotopic (exact) mass is 797 g/mol. The predicted octanol–water partition coefficient (Wildman–Crippen LogP) is 12.0. The molecule has 0 rings (SSSR count). The van der Waals surface area contributed by atoms with E-state index in [1.165, 1.54) is 89.9 Å². The summed E-state index contributed by atoms with van der Waals surface area (Å²) in [6.07, 6.45) is 47.6. The fourth-order valence-electron chi connectivity index (χ4n) is 5.69. The van der Waals surface area contributed by atoms with Crippen LogP contribution in [0.25, 0.3) is 0 Å². The standard InChI is InChI=1S/C45H81O9P/c1-3-5-7-9-11-13-15-17-19-21-23-25-27-29-31-33-35-37-45(48)54-44(42-53-55(49,50)52-40-43(47)39-46)41-51-38-36-34-32-30-28-26-24-22-20-18-16-14-12-10-8-6-4-2/h5,7,11,13,17,19,23,25,29,31,43-44,46-47H,3-4,6,8-10,12,14-16,18,20-22,24,26-28,30,32-42H2,1-2H3,(H,49,50)/b7-5-,13-11-,19-17-,25-23-,31-29-. The Bertz CT molecular complexity index is 1040. The molecule has 3 atom stereocenters.